The summed E-state index contributed by atoms with van der Waals surface area (Å²) in [7, 11) is -0.261. The van der Waals surface area contributed by atoms with E-state index in [0.717, 1.165) is 6.92 Å². The SMILES string of the molecule is CPc1c(F)c(C)c(F)c(F)c1-c1c(F)c(C)c(C)c(F)c1C(C)(C)C. The minimum Gasteiger partial charge on any atom is -0.206 e. The largest absolute Gasteiger partial charge is 0.206 e. The van der Waals surface area contributed by atoms with Crippen molar-refractivity contribution in [3.8, 4) is 11.1 Å². The van der Waals surface area contributed by atoms with Crippen molar-refractivity contribution in [2.24, 2.45) is 0 Å². The van der Waals surface area contributed by atoms with Gasteiger partial charge in [0.15, 0.2) is 11.6 Å². The molecule has 0 aliphatic carbocycles. The lowest BCUT2D eigenvalue weighted by atomic mass is 9.78. The van der Waals surface area contributed by atoms with E-state index in [2.05, 4.69) is 0 Å². The maximum atomic E-state index is 15.2. The zero-order chi connectivity index (χ0) is 20.1. The molecule has 2 aromatic rings. The molecule has 0 N–H and O–H groups in total. The highest BCUT2D eigenvalue weighted by Crippen LogP contribution is 2.42. The lowest BCUT2D eigenvalue weighted by Crippen LogP contribution is -2.22. The molecule has 0 fully saturated rings. The van der Waals surface area contributed by atoms with Gasteiger partial charge >= 0.3 is 0 Å². The summed E-state index contributed by atoms with van der Waals surface area (Å²) in [5.74, 6) is -5.18. The van der Waals surface area contributed by atoms with Crippen LogP contribution in [0.4, 0.5) is 22.0 Å². The Morgan fingerprint density at radius 3 is 1.58 bits per heavy atom. The molecule has 0 heterocycles. The van der Waals surface area contributed by atoms with Crippen LogP contribution in [0.15, 0.2) is 0 Å². The van der Waals surface area contributed by atoms with E-state index in [1.165, 1.54) is 13.8 Å². The van der Waals surface area contributed by atoms with E-state index in [1.54, 1.807) is 27.4 Å². The monoisotopic (exact) mass is 388 g/mol. The molecule has 0 amide bonds. The molecule has 0 bridgehead atoms. The highest BCUT2D eigenvalue weighted by atomic mass is 31.1. The van der Waals surface area contributed by atoms with Crippen LogP contribution in [0.5, 0.6) is 0 Å². The maximum absolute atomic E-state index is 15.2. The first kappa shape index (κ1) is 20.8. The molecular formula is C20H22F5P. The molecule has 0 aromatic heterocycles. The molecule has 142 valence electrons. The molecule has 26 heavy (non-hydrogen) atoms. The third-order valence-corrected chi connectivity index (χ3v) is 5.67. The highest BCUT2D eigenvalue weighted by molar-refractivity contribution is 7.46. The highest BCUT2D eigenvalue weighted by Gasteiger charge is 2.33. The fraction of sp³-hybridized carbons (Fsp3) is 0.400. The minimum atomic E-state index is -1.38. The van der Waals surface area contributed by atoms with Gasteiger partial charge in [0.25, 0.3) is 0 Å². The molecule has 0 aliphatic rings. The Balaban J connectivity index is 3.18. The Hall–Kier alpha value is -1.48. The smallest absolute Gasteiger partial charge is 0.167 e. The topological polar surface area (TPSA) is 0 Å². The van der Waals surface area contributed by atoms with E-state index in [-0.39, 0.29) is 30.6 Å². The Bertz CT molecular complexity index is 895. The minimum absolute atomic E-state index is 0.00308. The van der Waals surface area contributed by atoms with E-state index in [0.29, 0.717) is 0 Å². The van der Waals surface area contributed by atoms with Crippen molar-refractivity contribution in [3.63, 3.8) is 0 Å². The van der Waals surface area contributed by atoms with Gasteiger partial charge in [0, 0.05) is 27.6 Å². The number of benzene rings is 2. The molecule has 0 nitrogen and oxygen atoms in total. The van der Waals surface area contributed by atoms with Gasteiger partial charge in [-0.15, -0.1) is 0 Å². The predicted octanol–water partition coefficient (Wildman–Crippen LogP) is 6.21. The summed E-state index contributed by atoms with van der Waals surface area (Å²) < 4.78 is 74.0. The van der Waals surface area contributed by atoms with Gasteiger partial charge in [-0.3, -0.25) is 0 Å². The van der Waals surface area contributed by atoms with Crippen LogP contribution in [0, 0.1) is 49.9 Å². The van der Waals surface area contributed by atoms with E-state index >= 15 is 8.78 Å². The summed E-state index contributed by atoms with van der Waals surface area (Å²) in [5.41, 5.74) is -2.26. The second-order valence-electron chi connectivity index (χ2n) is 7.44. The van der Waals surface area contributed by atoms with E-state index in [1.807, 2.05) is 0 Å². The van der Waals surface area contributed by atoms with Crippen LogP contribution >= 0.6 is 8.58 Å². The second kappa shape index (κ2) is 6.92. The van der Waals surface area contributed by atoms with E-state index in [4.69, 9.17) is 0 Å². The van der Waals surface area contributed by atoms with E-state index < -0.39 is 51.2 Å². The summed E-state index contributed by atoms with van der Waals surface area (Å²) in [6.07, 6.45) is 0. The molecule has 0 spiro atoms. The number of hydrogen-bond donors (Lipinski definition) is 0. The quantitative estimate of drug-likeness (QED) is 0.326. The van der Waals surface area contributed by atoms with Crippen LogP contribution < -0.4 is 5.30 Å². The molecule has 0 saturated carbocycles. The third-order valence-electron chi connectivity index (χ3n) is 4.70. The number of halogens is 5. The Morgan fingerprint density at radius 2 is 1.12 bits per heavy atom. The molecule has 0 radical (unpaired) electrons. The van der Waals surface area contributed by atoms with Gasteiger partial charge in [0.1, 0.15) is 17.5 Å². The lowest BCUT2D eigenvalue weighted by Gasteiger charge is -2.28. The van der Waals surface area contributed by atoms with E-state index in [9.17, 15) is 13.2 Å². The lowest BCUT2D eigenvalue weighted by molar-refractivity contribution is 0.486. The van der Waals surface area contributed by atoms with Crippen molar-refractivity contribution in [2.45, 2.75) is 47.0 Å². The van der Waals surface area contributed by atoms with Crippen molar-refractivity contribution in [1.29, 1.82) is 0 Å². The van der Waals surface area contributed by atoms with Gasteiger partial charge in [-0.25, -0.2) is 22.0 Å². The van der Waals surface area contributed by atoms with Crippen LogP contribution in [-0.2, 0) is 5.41 Å². The normalized spacial score (nSPS) is 12.5. The van der Waals surface area contributed by atoms with Gasteiger partial charge in [-0.1, -0.05) is 29.4 Å². The van der Waals surface area contributed by atoms with Gasteiger partial charge < -0.3 is 0 Å². The summed E-state index contributed by atoms with van der Waals surface area (Å²) in [6.45, 7) is 10.5. The Morgan fingerprint density at radius 1 is 0.615 bits per heavy atom. The second-order valence-corrected chi connectivity index (χ2v) is 8.44. The van der Waals surface area contributed by atoms with Crippen LogP contribution in [0.2, 0.25) is 0 Å². The molecular weight excluding hydrogens is 366 g/mol. The standard InChI is InChI=1S/C20H22F5P/c1-8-9(2)15(22)13(20(4,5)6)11(14(8)21)12-18(25)16(23)10(3)17(24)19(12)26-7/h26H,1-7H3. The Kier molecular flexibility index (Phi) is 5.54. The van der Waals surface area contributed by atoms with Crippen LogP contribution in [-0.4, -0.2) is 6.66 Å². The third kappa shape index (κ3) is 3.05. The van der Waals surface area contributed by atoms with Crippen LogP contribution in [0.1, 0.15) is 43.0 Å². The zero-order valence-electron chi connectivity index (χ0n) is 15.9. The average molecular weight is 388 g/mol. The fourth-order valence-corrected chi connectivity index (χ4v) is 4.00. The van der Waals surface area contributed by atoms with Crippen LogP contribution in [0.25, 0.3) is 11.1 Å². The molecule has 2 aromatic carbocycles. The van der Waals surface area contributed by atoms with Gasteiger partial charge in [-0.05, 0) is 44.0 Å². The molecule has 1 unspecified atom stereocenters. The number of rotatable bonds is 2. The van der Waals surface area contributed by atoms with Crippen LogP contribution in [0.3, 0.4) is 0 Å². The van der Waals surface area contributed by atoms with Crippen molar-refractivity contribution in [3.05, 3.63) is 51.3 Å². The van der Waals surface area contributed by atoms with Gasteiger partial charge in [0.2, 0.25) is 0 Å². The van der Waals surface area contributed by atoms with Crippen molar-refractivity contribution < 1.29 is 22.0 Å². The summed E-state index contributed by atoms with van der Waals surface area (Å²) in [5, 5.41) is -0.131. The van der Waals surface area contributed by atoms with Gasteiger partial charge in [-0.2, -0.15) is 0 Å². The molecule has 0 aliphatic heterocycles. The maximum Gasteiger partial charge on any atom is 0.167 e. The van der Waals surface area contributed by atoms with Crippen molar-refractivity contribution >= 4 is 13.9 Å². The Labute approximate surface area is 152 Å². The molecule has 6 heteroatoms. The molecule has 0 saturated heterocycles. The van der Waals surface area contributed by atoms with Crippen molar-refractivity contribution in [2.75, 3.05) is 6.66 Å². The average Bonchev–Trinajstić information content (AvgIpc) is 2.56. The fourth-order valence-electron chi connectivity index (χ4n) is 3.11. The molecule has 2 rings (SSSR count). The zero-order valence-corrected chi connectivity index (χ0v) is 16.9. The first-order chi connectivity index (χ1) is 11.9. The summed E-state index contributed by atoms with van der Waals surface area (Å²) in [6, 6.07) is 0. The summed E-state index contributed by atoms with van der Waals surface area (Å²) in [4.78, 5) is 0. The predicted molar refractivity (Wildman–Crippen MR) is 98.5 cm³/mol. The van der Waals surface area contributed by atoms with Crippen molar-refractivity contribution in [1.82, 2.24) is 0 Å². The van der Waals surface area contributed by atoms with Gasteiger partial charge in [0.05, 0.1) is 0 Å². The first-order valence-corrected chi connectivity index (χ1v) is 9.69. The molecule has 1 atom stereocenters. The number of hydrogen-bond acceptors (Lipinski definition) is 0. The summed E-state index contributed by atoms with van der Waals surface area (Å²) >= 11 is 0. The first-order valence-electron chi connectivity index (χ1n) is 8.19.